The monoisotopic (exact) mass is 216 g/mol. The normalized spacial score (nSPS) is 11.9. The molecule has 3 nitrogen and oxygen atoms in total. The van der Waals surface area contributed by atoms with Gasteiger partial charge in [-0.3, -0.25) is 4.79 Å². The van der Waals surface area contributed by atoms with Crippen LogP contribution in [0.15, 0.2) is 30.3 Å². The van der Waals surface area contributed by atoms with E-state index in [0.717, 1.165) is 18.2 Å². The van der Waals surface area contributed by atoms with Crippen LogP contribution in [-0.2, 0) is 4.79 Å². The van der Waals surface area contributed by atoms with Crippen molar-refractivity contribution in [3.63, 3.8) is 0 Å². The standard InChI is InChI=1S/C13H16N2O/c1-10(2)8-12(13(16)9-15-14)11-6-4-3-5-7-11/h3-7,9-10,12H,8H2,1-2H3. The second-order valence-electron chi connectivity index (χ2n) is 4.24. The SMILES string of the molecule is CC(C)CC(C(=O)C=[N+]=[N-])c1ccccc1. The molecule has 0 aromatic heterocycles. The molecule has 0 heterocycles. The lowest BCUT2D eigenvalue weighted by Gasteiger charge is -2.14. The van der Waals surface area contributed by atoms with Gasteiger partial charge in [0.15, 0.2) is 0 Å². The Morgan fingerprint density at radius 1 is 1.38 bits per heavy atom. The third-order valence-corrected chi connectivity index (χ3v) is 2.44. The maximum Gasteiger partial charge on any atom is 0.323 e. The summed E-state index contributed by atoms with van der Waals surface area (Å²) in [5.41, 5.74) is 9.39. The first kappa shape index (κ1) is 12.3. The van der Waals surface area contributed by atoms with E-state index >= 15 is 0 Å². The van der Waals surface area contributed by atoms with Gasteiger partial charge in [-0.05, 0) is 17.9 Å². The van der Waals surface area contributed by atoms with E-state index < -0.39 is 0 Å². The van der Waals surface area contributed by atoms with Crippen molar-refractivity contribution in [2.24, 2.45) is 5.92 Å². The molecule has 0 radical (unpaired) electrons. The zero-order valence-corrected chi connectivity index (χ0v) is 9.63. The lowest BCUT2D eigenvalue weighted by atomic mass is 9.87. The van der Waals surface area contributed by atoms with E-state index in [2.05, 4.69) is 18.6 Å². The molecule has 1 unspecified atom stereocenters. The van der Waals surface area contributed by atoms with Gasteiger partial charge in [0.25, 0.3) is 0 Å². The minimum Gasteiger partial charge on any atom is -0.361 e. The summed E-state index contributed by atoms with van der Waals surface area (Å²) in [6.45, 7) is 4.14. The van der Waals surface area contributed by atoms with Crippen LogP contribution in [0.3, 0.4) is 0 Å². The summed E-state index contributed by atoms with van der Waals surface area (Å²) in [7, 11) is 0. The number of benzene rings is 1. The molecule has 1 rings (SSSR count). The molecule has 1 atom stereocenters. The van der Waals surface area contributed by atoms with Gasteiger partial charge in [0, 0.05) is 0 Å². The quantitative estimate of drug-likeness (QED) is 0.424. The first-order valence-electron chi connectivity index (χ1n) is 5.41. The first-order valence-corrected chi connectivity index (χ1v) is 5.41. The molecule has 0 aliphatic rings. The van der Waals surface area contributed by atoms with Crippen molar-refractivity contribution >= 4 is 12.0 Å². The molecular weight excluding hydrogens is 200 g/mol. The molecule has 1 aromatic carbocycles. The van der Waals surface area contributed by atoms with Crippen LogP contribution in [0.2, 0.25) is 0 Å². The van der Waals surface area contributed by atoms with Gasteiger partial charge in [0.1, 0.15) is 0 Å². The summed E-state index contributed by atoms with van der Waals surface area (Å²) in [6, 6.07) is 9.59. The molecule has 0 bridgehead atoms. The summed E-state index contributed by atoms with van der Waals surface area (Å²) in [4.78, 5) is 14.6. The van der Waals surface area contributed by atoms with E-state index in [1.54, 1.807) is 0 Å². The summed E-state index contributed by atoms with van der Waals surface area (Å²) in [6.07, 6.45) is 1.74. The highest BCUT2D eigenvalue weighted by Crippen LogP contribution is 2.23. The number of carbonyl (C=O) groups is 1. The van der Waals surface area contributed by atoms with Crippen molar-refractivity contribution in [1.29, 1.82) is 0 Å². The molecule has 1 aromatic rings. The fraction of sp³-hybridized carbons (Fsp3) is 0.385. The highest BCUT2D eigenvalue weighted by atomic mass is 16.1. The van der Waals surface area contributed by atoms with Crippen LogP contribution in [0.1, 0.15) is 31.7 Å². The Bertz CT molecular complexity index is 392. The molecule has 0 fully saturated rings. The molecular formula is C13H16N2O. The number of ketones is 1. The maximum atomic E-state index is 11.8. The Labute approximate surface area is 95.7 Å². The molecule has 0 amide bonds. The lowest BCUT2D eigenvalue weighted by Crippen LogP contribution is -2.16. The summed E-state index contributed by atoms with van der Waals surface area (Å²) >= 11 is 0. The number of rotatable bonds is 5. The molecule has 0 saturated heterocycles. The summed E-state index contributed by atoms with van der Waals surface area (Å²) in [5.74, 6) is 0.0562. The second kappa shape index (κ2) is 5.99. The van der Waals surface area contributed by atoms with Gasteiger partial charge < -0.3 is 5.53 Å². The van der Waals surface area contributed by atoms with E-state index in [-0.39, 0.29) is 11.7 Å². The molecule has 84 valence electrons. The van der Waals surface area contributed by atoms with Crippen molar-refractivity contribution in [1.82, 2.24) is 0 Å². The van der Waals surface area contributed by atoms with E-state index in [1.807, 2.05) is 30.3 Å². The van der Waals surface area contributed by atoms with E-state index in [4.69, 9.17) is 5.53 Å². The minimum atomic E-state index is -0.211. The Kier molecular flexibility index (Phi) is 4.62. The van der Waals surface area contributed by atoms with Crippen LogP contribution in [0.5, 0.6) is 0 Å². The zero-order chi connectivity index (χ0) is 12.0. The Morgan fingerprint density at radius 2 is 2.00 bits per heavy atom. The van der Waals surface area contributed by atoms with Crippen LogP contribution in [0.25, 0.3) is 5.53 Å². The number of hydrogen-bond acceptors (Lipinski definition) is 1. The van der Waals surface area contributed by atoms with Crippen LogP contribution in [0.4, 0.5) is 0 Å². The van der Waals surface area contributed by atoms with Crippen LogP contribution in [0, 0.1) is 5.92 Å². The predicted octanol–water partition coefficient (Wildman–Crippen LogP) is 2.69. The van der Waals surface area contributed by atoms with Crippen LogP contribution in [-0.4, -0.2) is 16.8 Å². The zero-order valence-electron chi connectivity index (χ0n) is 9.63. The largest absolute Gasteiger partial charge is 0.361 e. The molecule has 0 saturated carbocycles. The van der Waals surface area contributed by atoms with Crippen molar-refractivity contribution in [3.8, 4) is 0 Å². The van der Waals surface area contributed by atoms with E-state index in [9.17, 15) is 4.79 Å². The van der Waals surface area contributed by atoms with E-state index in [1.165, 1.54) is 0 Å². The Balaban J connectivity index is 2.96. The predicted molar refractivity (Wildman–Crippen MR) is 63.3 cm³/mol. The van der Waals surface area contributed by atoms with Gasteiger partial charge in [0.05, 0.1) is 5.92 Å². The third-order valence-electron chi connectivity index (χ3n) is 2.44. The molecule has 0 aliphatic carbocycles. The molecule has 0 aliphatic heterocycles. The fourth-order valence-corrected chi connectivity index (χ4v) is 1.72. The lowest BCUT2D eigenvalue weighted by molar-refractivity contribution is -0.117. The molecule has 3 heteroatoms. The Hall–Kier alpha value is -1.73. The average molecular weight is 216 g/mol. The Morgan fingerprint density at radius 3 is 2.50 bits per heavy atom. The number of hydrogen-bond donors (Lipinski definition) is 0. The molecule has 16 heavy (non-hydrogen) atoms. The molecule has 0 N–H and O–H groups in total. The maximum absolute atomic E-state index is 11.8. The van der Waals surface area contributed by atoms with Gasteiger partial charge in [-0.1, -0.05) is 44.2 Å². The highest BCUT2D eigenvalue weighted by Gasteiger charge is 2.22. The van der Waals surface area contributed by atoms with Crippen molar-refractivity contribution in [3.05, 3.63) is 41.4 Å². The van der Waals surface area contributed by atoms with Crippen molar-refractivity contribution in [2.45, 2.75) is 26.2 Å². The number of nitrogens with zero attached hydrogens (tertiary/aromatic N) is 2. The number of Topliss-reactive ketones (excluding diaryl/α,β-unsaturated/α-hetero) is 1. The second-order valence-corrected chi connectivity index (χ2v) is 4.24. The van der Waals surface area contributed by atoms with Gasteiger partial charge in [0.2, 0.25) is 5.78 Å². The average Bonchev–Trinajstić information content (AvgIpc) is 2.27. The summed E-state index contributed by atoms with van der Waals surface area (Å²) in [5, 5.41) is 0. The number of carbonyl (C=O) groups excluding carboxylic acids is 1. The van der Waals surface area contributed by atoms with Crippen molar-refractivity contribution in [2.75, 3.05) is 0 Å². The molecule has 0 spiro atoms. The first-order chi connectivity index (χ1) is 7.65. The third kappa shape index (κ3) is 3.44. The van der Waals surface area contributed by atoms with Gasteiger partial charge in [-0.2, -0.15) is 4.79 Å². The van der Waals surface area contributed by atoms with Crippen LogP contribution < -0.4 is 0 Å². The van der Waals surface area contributed by atoms with Gasteiger partial charge >= 0.3 is 6.21 Å². The van der Waals surface area contributed by atoms with Gasteiger partial charge in [-0.15, -0.1) is 0 Å². The fourth-order valence-electron chi connectivity index (χ4n) is 1.72. The van der Waals surface area contributed by atoms with Crippen molar-refractivity contribution < 1.29 is 9.58 Å². The van der Waals surface area contributed by atoms with Gasteiger partial charge in [-0.25, -0.2) is 0 Å². The van der Waals surface area contributed by atoms with E-state index in [0.29, 0.717) is 5.92 Å². The highest BCUT2D eigenvalue weighted by molar-refractivity contribution is 6.27. The minimum absolute atomic E-state index is 0.151. The summed E-state index contributed by atoms with van der Waals surface area (Å²) < 4.78 is 0. The smallest absolute Gasteiger partial charge is 0.323 e. The topological polar surface area (TPSA) is 53.5 Å². The van der Waals surface area contributed by atoms with Crippen LogP contribution >= 0.6 is 0 Å².